The third-order valence-electron chi connectivity index (χ3n) is 4.71. The predicted molar refractivity (Wildman–Crippen MR) is 115 cm³/mol. The molecule has 1 aromatic heterocycles. The van der Waals surface area contributed by atoms with Gasteiger partial charge in [-0.1, -0.05) is 18.2 Å². The maximum Gasteiger partial charge on any atom is 0.319 e. The number of aromatic nitrogens is 1. The summed E-state index contributed by atoms with van der Waals surface area (Å²) >= 11 is 0. The average molecular weight is 432 g/mol. The number of sulfonamides is 1. The number of rotatable bonds is 6. The van der Waals surface area contributed by atoms with Crippen molar-refractivity contribution in [2.24, 2.45) is 0 Å². The lowest BCUT2D eigenvalue weighted by molar-refractivity contribution is 0.0615. The number of para-hydroxylation sites is 1. The Hall–Kier alpha value is -3.14. The molecule has 160 valence electrons. The van der Waals surface area contributed by atoms with Crippen molar-refractivity contribution in [2.45, 2.75) is 25.3 Å². The van der Waals surface area contributed by atoms with E-state index in [-0.39, 0.29) is 23.7 Å². The number of urea groups is 1. The fourth-order valence-corrected chi connectivity index (χ4v) is 3.92. The van der Waals surface area contributed by atoms with E-state index in [1.165, 1.54) is 18.5 Å². The zero-order valence-corrected chi connectivity index (χ0v) is 17.5. The SMILES string of the molecule is CS(=O)(=O)Nc1cncc(C(=O)N2CCCC[C@H]2CNC(=O)Nc2ccccc2)c1. The van der Waals surface area contributed by atoms with Crippen LogP contribution in [0.2, 0.25) is 0 Å². The van der Waals surface area contributed by atoms with Crippen molar-refractivity contribution in [2.75, 3.05) is 29.4 Å². The molecule has 0 radical (unpaired) electrons. The maximum absolute atomic E-state index is 13.0. The minimum absolute atomic E-state index is 0.153. The minimum Gasteiger partial charge on any atom is -0.336 e. The predicted octanol–water partition coefficient (Wildman–Crippen LogP) is 2.27. The normalized spacial score (nSPS) is 16.6. The number of nitrogens with one attached hydrogen (secondary N) is 3. The Morgan fingerprint density at radius 3 is 2.63 bits per heavy atom. The van der Waals surface area contributed by atoms with E-state index >= 15 is 0 Å². The third kappa shape index (κ3) is 6.18. The van der Waals surface area contributed by atoms with Crippen LogP contribution in [-0.2, 0) is 10.0 Å². The van der Waals surface area contributed by atoms with Crippen LogP contribution in [0.4, 0.5) is 16.2 Å². The van der Waals surface area contributed by atoms with Crippen molar-refractivity contribution >= 4 is 33.3 Å². The van der Waals surface area contributed by atoms with Gasteiger partial charge in [0.15, 0.2) is 0 Å². The first kappa shape index (κ1) is 21.6. The van der Waals surface area contributed by atoms with E-state index in [9.17, 15) is 18.0 Å². The first-order chi connectivity index (χ1) is 14.3. The molecule has 1 aromatic carbocycles. The Labute approximate surface area is 175 Å². The summed E-state index contributed by atoms with van der Waals surface area (Å²) in [5, 5.41) is 5.59. The van der Waals surface area contributed by atoms with E-state index in [4.69, 9.17) is 0 Å². The van der Waals surface area contributed by atoms with Gasteiger partial charge in [-0.05, 0) is 37.5 Å². The van der Waals surface area contributed by atoms with Crippen LogP contribution in [0, 0.1) is 0 Å². The molecule has 0 aliphatic carbocycles. The molecule has 0 bridgehead atoms. The molecule has 0 spiro atoms. The first-order valence-corrected chi connectivity index (χ1v) is 11.5. The summed E-state index contributed by atoms with van der Waals surface area (Å²) in [6.07, 6.45) is 6.40. The summed E-state index contributed by atoms with van der Waals surface area (Å²) in [4.78, 5) is 30.9. The number of benzene rings is 1. The van der Waals surface area contributed by atoms with Gasteiger partial charge in [0, 0.05) is 31.0 Å². The lowest BCUT2D eigenvalue weighted by Crippen LogP contribution is -2.50. The van der Waals surface area contributed by atoms with Gasteiger partial charge < -0.3 is 15.5 Å². The molecule has 1 saturated heterocycles. The van der Waals surface area contributed by atoms with Crippen LogP contribution in [-0.4, -0.2) is 55.6 Å². The highest BCUT2D eigenvalue weighted by atomic mass is 32.2. The van der Waals surface area contributed by atoms with E-state index < -0.39 is 10.0 Å². The Morgan fingerprint density at radius 1 is 1.13 bits per heavy atom. The van der Waals surface area contributed by atoms with Crippen molar-refractivity contribution in [3.63, 3.8) is 0 Å². The molecule has 3 rings (SSSR count). The Morgan fingerprint density at radius 2 is 1.90 bits per heavy atom. The highest BCUT2D eigenvalue weighted by Gasteiger charge is 2.28. The van der Waals surface area contributed by atoms with Crippen LogP contribution in [0.25, 0.3) is 0 Å². The number of carbonyl (C=O) groups is 2. The number of nitrogens with zero attached hydrogens (tertiary/aromatic N) is 2. The number of hydrogen-bond donors (Lipinski definition) is 3. The number of likely N-dealkylation sites (tertiary alicyclic amines) is 1. The second-order valence-electron chi connectivity index (χ2n) is 7.19. The second-order valence-corrected chi connectivity index (χ2v) is 8.93. The third-order valence-corrected chi connectivity index (χ3v) is 5.31. The monoisotopic (exact) mass is 431 g/mol. The summed E-state index contributed by atoms with van der Waals surface area (Å²) in [5.41, 5.74) is 1.22. The minimum atomic E-state index is -3.47. The van der Waals surface area contributed by atoms with E-state index in [2.05, 4.69) is 20.3 Å². The van der Waals surface area contributed by atoms with Crippen molar-refractivity contribution < 1.29 is 18.0 Å². The molecular formula is C20H25N5O4S. The fraction of sp³-hybridized carbons (Fsp3) is 0.350. The molecule has 3 amide bonds. The maximum atomic E-state index is 13.0. The zero-order chi connectivity index (χ0) is 21.6. The van der Waals surface area contributed by atoms with Crippen LogP contribution in [0.5, 0.6) is 0 Å². The van der Waals surface area contributed by atoms with Gasteiger partial charge in [0.05, 0.1) is 23.7 Å². The Bertz CT molecular complexity index is 997. The van der Waals surface area contributed by atoms with Crippen LogP contribution in [0.1, 0.15) is 29.6 Å². The van der Waals surface area contributed by atoms with Crippen molar-refractivity contribution in [1.82, 2.24) is 15.2 Å². The molecule has 1 fully saturated rings. The van der Waals surface area contributed by atoms with Crippen molar-refractivity contribution in [3.05, 3.63) is 54.4 Å². The average Bonchev–Trinajstić information content (AvgIpc) is 2.72. The number of piperidine rings is 1. The van der Waals surface area contributed by atoms with Crippen LogP contribution < -0.4 is 15.4 Å². The smallest absolute Gasteiger partial charge is 0.319 e. The number of carbonyl (C=O) groups excluding carboxylic acids is 2. The molecule has 2 heterocycles. The van der Waals surface area contributed by atoms with Crippen LogP contribution in [0.15, 0.2) is 48.8 Å². The zero-order valence-electron chi connectivity index (χ0n) is 16.7. The van der Waals surface area contributed by atoms with Gasteiger partial charge in [0.2, 0.25) is 10.0 Å². The molecule has 0 unspecified atom stereocenters. The molecule has 1 aliphatic heterocycles. The summed E-state index contributed by atoms with van der Waals surface area (Å²) in [7, 11) is -3.47. The lowest BCUT2D eigenvalue weighted by Gasteiger charge is -2.36. The summed E-state index contributed by atoms with van der Waals surface area (Å²) in [6, 6.07) is 10.1. The number of anilines is 2. The van der Waals surface area contributed by atoms with Crippen molar-refractivity contribution in [1.29, 1.82) is 0 Å². The van der Waals surface area contributed by atoms with E-state index in [1.807, 2.05) is 18.2 Å². The van der Waals surface area contributed by atoms with Gasteiger partial charge in [-0.3, -0.25) is 14.5 Å². The highest BCUT2D eigenvalue weighted by Crippen LogP contribution is 2.20. The second kappa shape index (κ2) is 9.57. The molecular weight excluding hydrogens is 406 g/mol. The van der Waals surface area contributed by atoms with Gasteiger partial charge in [-0.15, -0.1) is 0 Å². The summed E-state index contributed by atoms with van der Waals surface area (Å²) in [5.74, 6) is -0.241. The van der Waals surface area contributed by atoms with Crippen LogP contribution in [0.3, 0.4) is 0 Å². The van der Waals surface area contributed by atoms with Gasteiger partial charge in [-0.2, -0.15) is 0 Å². The van der Waals surface area contributed by atoms with E-state index in [1.54, 1.807) is 17.0 Å². The lowest BCUT2D eigenvalue weighted by atomic mass is 10.0. The van der Waals surface area contributed by atoms with Gasteiger partial charge in [0.25, 0.3) is 5.91 Å². The molecule has 10 heteroatoms. The Kier molecular flexibility index (Phi) is 6.88. The van der Waals surface area contributed by atoms with E-state index in [0.717, 1.165) is 25.5 Å². The summed E-state index contributed by atoms with van der Waals surface area (Å²) < 4.78 is 25.2. The molecule has 1 aliphatic rings. The number of hydrogen-bond acceptors (Lipinski definition) is 5. The first-order valence-electron chi connectivity index (χ1n) is 9.65. The van der Waals surface area contributed by atoms with Gasteiger partial charge >= 0.3 is 6.03 Å². The quantitative estimate of drug-likeness (QED) is 0.648. The van der Waals surface area contributed by atoms with Gasteiger partial charge in [-0.25, -0.2) is 13.2 Å². The highest BCUT2D eigenvalue weighted by molar-refractivity contribution is 7.92. The Balaban J connectivity index is 1.64. The molecule has 3 N–H and O–H groups in total. The standard InChI is InChI=1S/C20H25N5O4S/c1-30(28,29)24-17-11-15(12-21-13-17)19(26)25-10-6-5-9-18(25)14-22-20(27)23-16-7-3-2-4-8-16/h2-4,7-8,11-13,18,24H,5-6,9-10,14H2,1H3,(H2,22,23,27)/t18-/m0/s1. The molecule has 0 saturated carbocycles. The fourth-order valence-electron chi connectivity index (χ4n) is 3.38. The molecule has 2 aromatic rings. The van der Waals surface area contributed by atoms with Gasteiger partial charge in [0.1, 0.15) is 0 Å². The molecule has 9 nitrogen and oxygen atoms in total. The molecule has 30 heavy (non-hydrogen) atoms. The van der Waals surface area contributed by atoms with E-state index in [0.29, 0.717) is 24.3 Å². The number of pyridine rings is 1. The number of amides is 3. The topological polar surface area (TPSA) is 120 Å². The van der Waals surface area contributed by atoms with Crippen LogP contribution >= 0.6 is 0 Å². The summed E-state index contributed by atoms with van der Waals surface area (Å²) in [6.45, 7) is 0.883. The van der Waals surface area contributed by atoms with Crippen molar-refractivity contribution in [3.8, 4) is 0 Å². The molecule has 1 atom stereocenters. The largest absolute Gasteiger partial charge is 0.336 e.